The van der Waals surface area contributed by atoms with E-state index in [4.69, 9.17) is 11.6 Å². The highest BCUT2D eigenvalue weighted by atomic mass is 35.5. The van der Waals surface area contributed by atoms with Crippen molar-refractivity contribution in [2.45, 2.75) is 31.2 Å². The summed E-state index contributed by atoms with van der Waals surface area (Å²) in [5.41, 5.74) is 3.16. The minimum Gasteiger partial charge on any atom is -0.350 e. The van der Waals surface area contributed by atoms with Crippen LogP contribution in [0.5, 0.6) is 0 Å². The normalized spacial score (nSPS) is 13.9. The standard InChI is InChI=1S/C26H23ClN2O2S/c1-17(2)19-8-12-21(13-9-19)28-23-24(32-22-14-10-20(27)11-15-22)26(31)29(25(23)30)16-18-6-4-3-5-7-18/h3-15,17,28H,16H2,1-2H3. The molecule has 1 aliphatic rings. The Hall–Kier alpha value is -3.02. The number of nitrogens with zero attached hydrogens (tertiary/aromatic N) is 1. The summed E-state index contributed by atoms with van der Waals surface area (Å²) in [6.45, 7) is 4.49. The van der Waals surface area contributed by atoms with Crippen LogP contribution < -0.4 is 5.32 Å². The minimum absolute atomic E-state index is 0.223. The van der Waals surface area contributed by atoms with Gasteiger partial charge >= 0.3 is 0 Å². The predicted octanol–water partition coefficient (Wildman–Crippen LogP) is 6.45. The number of amides is 2. The molecule has 0 aromatic heterocycles. The zero-order chi connectivity index (χ0) is 22.7. The number of carbonyl (C=O) groups is 2. The zero-order valence-corrected chi connectivity index (χ0v) is 19.4. The van der Waals surface area contributed by atoms with E-state index in [-0.39, 0.29) is 18.4 Å². The lowest BCUT2D eigenvalue weighted by molar-refractivity contribution is -0.137. The number of nitrogens with one attached hydrogen (secondary N) is 1. The van der Waals surface area contributed by atoms with E-state index in [0.717, 1.165) is 16.1 Å². The summed E-state index contributed by atoms with van der Waals surface area (Å²) in [6, 6.07) is 24.7. The molecule has 3 aromatic carbocycles. The third-order valence-electron chi connectivity index (χ3n) is 5.19. The van der Waals surface area contributed by atoms with Crippen LogP contribution in [-0.2, 0) is 16.1 Å². The van der Waals surface area contributed by atoms with Gasteiger partial charge in [-0.25, -0.2) is 0 Å². The fraction of sp³-hybridized carbons (Fsp3) is 0.154. The second-order valence-electron chi connectivity index (χ2n) is 7.84. The van der Waals surface area contributed by atoms with Gasteiger partial charge < -0.3 is 5.32 Å². The summed E-state index contributed by atoms with van der Waals surface area (Å²) >= 11 is 7.27. The van der Waals surface area contributed by atoms with E-state index < -0.39 is 0 Å². The third-order valence-corrected chi connectivity index (χ3v) is 6.53. The molecule has 3 aromatic rings. The van der Waals surface area contributed by atoms with Crippen LogP contribution in [0.3, 0.4) is 0 Å². The number of anilines is 1. The van der Waals surface area contributed by atoms with Crippen molar-refractivity contribution in [1.29, 1.82) is 0 Å². The Morgan fingerprint density at radius 2 is 1.53 bits per heavy atom. The minimum atomic E-state index is -0.330. The molecule has 0 atom stereocenters. The van der Waals surface area contributed by atoms with Crippen LogP contribution in [-0.4, -0.2) is 16.7 Å². The van der Waals surface area contributed by atoms with Gasteiger partial charge in [-0.1, -0.05) is 79.7 Å². The second kappa shape index (κ2) is 9.63. The smallest absolute Gasteiger partial charge is 0.278 e. The van der Waals surface area contributed by atoms with Crippen LogP contribution >= 0.6 is 23.4 Å². The van der Waals surface area contributed by atoms with Crippen LogP contribution in [0.15, 0.2) is 94.4 Å². The van der Waals surface area contributed by atoms with Crippen molar-refractivity contribution in [2.75, 3.05) is 5.32 Å². The first-order chi connectivity index (χ1) is 15.4. The van der Waals surface area contributed by atoms with E-state index in [9.17, 15) is 9.59 Å². The van der Waals surface area contributed by atoms with Gasteiger partial charge in [-0.2, -0.15) is 0 Å². The summed E-state index contributed by atoms with van der Waals surface area (Å²) in [4.78, 5) is 29.1. The molecule has 6 heteroatoms. The van der Waals surface area contributed by atoms with Gasteiger partial charge in [0.25, 0.3) is 11.8 Å². The number of hydrogen-bond donors (Lipinski definition) is 1. The van der Waals surface area contributed by atoms with Gasteiger partial charge in [-0.05, 0) is 53.4 Å². The van der Waals surface area contributed by atoms with Crippen LogP contribution in [0.2, 0.25) is 5.02 Å². The molecular formula is C26H23ClN2O2S. The summed E-state index contributed by atoms with van der Waals surface area (Å²) in [6.07, 6.45) is 0. The molecule has 0 saturated carbocycles. The van der Waals surface area contributed by atoms with Gasteiger partial charge in [0.05, 0.1) is 6.54 Å². The van der Waals surface area contributed by atoms with Gasteiger partial charge in [-0.15, -0.1) is 0 Å². The maximum Gasteiger partial charge on any atom is 0.278 e. The Morgan fingerprint density at radius 1 is 0.875 bits per heavy atom. The molecule has 32 heavy (non-hydrogen) atoms. The number of imide groups is 1. The van der Waals surface area contributed by atoms with Crippen molar-refractivity contribution < 1.29 is 9.59 Å². The molecule has 0 unspecified atom stereocenters. The van der Waals surface area contributed by atoms with E-state index >= 15 is 0 Å². The largest absolute Gasteiger partial charge is 0.350 e. The average Bonchev–Trinajstić information content (AvgIpc) is 3.00. The number of rotatable bonds is 7. The van der Waals surface area contributed by atoms with Gasteiger partial charge in [-0.3, -0.25) is 14.5 Å². The molecule has 162 valence electrons. The van der Waals surface area contributed by atoms with E-state index in [1.54, 1.807) is 12.1 Å². The number of halogens is 1. The lowest BCUT2D eigenvalue weighted by Gasteiger charge is -2.15. The zero-order valence-electron chi connectivity index (χ0n) is 17.8. The van der Waals surface area contributed by atoms with E-state index in [2.05, 4.69) is 19.2 Å². The Kier molecular flexibility index (Phi) is 6.68. The first kappa shape index (κ1) is 22.2. The SMILES string of the molecule is CC(C)c1ccc(NC2=C(Sc3ccc(Cl)cc3)C(=O)N(Cc3ccccc3)C2=O)cc1. The molecule has 4 rings (SSSR count). The molecule has 2 amide bonds. The Bertz CT molecular complexity index is 1160. The van der Waals surface area contributed by atoms with Gasteiger partial charge in [0, 0.05) is 15.6 Å². The number of carbonyl (C=O) groups excluding carboxylic acids is 2. The lowest BCUT2D eigenvalue weighted by Crippen LogP contribution is -2.31. The average molecular weight is 463 g/mol. The van der Waals surface area contributed by atoms with Crippen LogP contribution in [0.4, 0.5) is 5.69 Å². The number of hydrogen-bond acceptors (Lipinski definition) is 4. The summed E-state index contributed by atoms with van der Waals surface area (Å²) in [7, 11) is 0. The first-order valence-corrected chi connectivity index (χ1v) is 11.6. The summed E-state index contributed by atoms with van der Waals surface area (Å²) in [5, 5.41) is 3.82. The van der Waals surface area contributed by atoms with E-state index in [1.165, 1.54) is 22.2 Å². The molecular weight excluding hydrogens is 440 g/mol. The molecule has 0 saturated heterocycles. The summed E-state index contributed by atoms with van der Waals surface area (Å²) < 4.78 is 0. The van der Waals surface area contributed by atoms with E-state index in [0.29, 0.717) is 21.5 Å². The van der Waals surface area contributed by atoms with Crippen molar-refractivity contribution in [3.05, 3.63) is 106 Å². The van der Waals surface area contributed by atoms with Crippen LogP contribution in [0, 0.1) is 0 Å². The quantitative estimate of drug-likeness (QED) is 0.410. The van der Waals surface area contributed by atoms with Gasteiger partial charge in [0.15, 0.2) is 0 Å². The van der Waals surface area contributed by atoms with Gasteiger partial charge in [0.1, 0.15) is 10.6 Å². The Morgan fingerprint density at radius 3 is 2.16 bits per heavy atom. The lowest BCUT2D eigenvalue weighted by atomic mass is 10.0. The third kappa shape index (κ3) is 4.90. The van der Waals surface area contributed by atoms with Crippen molar-refractivity contribution in [3.8, 4) is 0 Å². The number of benzene rings is 3. The number of thioether (sulfide) groups is 1. The topological polar surface area (TPSA) is 49.4 Å². The highest BCUT2D eigenvalue weighted by molar-refractivity contribution is 8.04. The molecule has 0 fully saturated rings. The Balaban J connectivity index is 1.65. The van der Waals surface area contributed by atoms with Crippen molar-refractivity contribution in [1.82, 2.24) is 4.90 Å². The molecule has 1 heterocycles. The molecule has 0 radical (unpaired) electrons. The van der Waals surface area contributed by atoms with Crippen molar-refractivity contribution in [2.24, 2.45) is 0 Å². The van der Waals surface area contributed by atoms with Crippen LogP contribution in [0.1, 0.15) is 30.9 Å². The maximum absolute atomic E-state index is 13.3. The predicted molar refractivity (Wildman–Crippen MR) is 130 cm³/mol. The van der Waals surface area contributed by atoms with Crippen molar-refractivity contribution in [3.63, 3.8) is 0 Å². The molecule has 0 bridgehead atoms. The fourth-order valence-corrected chi connectivity index (χ4v) is 4.46. The molecule has 1 N–H and O–H groups in total. The van der Waals surface area contributed by atoms with E-state index in [1.807, 2.05) is 66.7 Å². The molecule has 4 nitrogen and oxygen atoms in total. The monoisotopic (exact) mass is 462 g/mol. The van der Waals surface area contributed by atoms with Crippen LogP contribution in [0.25, 0.3) is 0 Å². The summed E-state index contributed by atoms with van der Waals surface area (Å²) in [5.74, 6) is -0.223. The maximum atomic E-state index is 13.3. The molecule has 0 spiro atoms. The van der Waals surface area contributed by atoms with Crippen molar-refractivity contribution >= 4 is 40.9 Å². The van der Waals surface area contributed by atoms with Gasteiger partial charge in [0.2, 0.25) is 0 Å². The molecule has 1 aliphatic heterocycles. The highest BCUT2D eigenvalue weighted by Gasteiger charge is 2.39. The fourth-order valence-electron chi connectivity index (χ4n) is 3.38. The second-order valence-corrected chi connectivity index (χ2v) is 9.36. The molecule has 0 aliphatic carbocycles. The Labute approximate surface area is 197 Å². The highest BCUT2D eigenvalue weighted by Crippen LogP contribution is 2.37. The first-order valence-electron chi connectivity index (χ1n) is 10.4.